The number of furan rings is 2. The maximum atomic E-state index is 6.66. The molecule has 0 bridgehead atoms. The molecule has 117 heavy (non-hydrogen) atoms. The Balaban J connectivity index is 0.616. The molecule has 4 heteroatoms. The molecule has 546 valence electrons. The van der Waals surface area contributed by atoms with E-state index in [9.17, 15) is 0 Å². The second-order valence-corrected chi connectivity index (χ2v) is 32.7. The Morgan fingerprint density at radius 3 is 1.02 bits per heavy atom. The van der Waals surface area contributed by atoms with Crippen LogP contribution in [0.4, 0.5) is 34.1 Å². The van der Waals surface area contributed by atoms with Gasteiger partial charge in [0, 0.05) is 72.0 Å². The minimum atomic E-state index is -0.651. The molecular weight excluding hydrogens is 1420 g/mol. The van der Waals surface area contributed by atoms with Gasteiger partial charge in [-0.3, -0.25) is 0 Å². The predicted octanol–water partition coefficient (Wildman–Crippen LogP) is 30.1. The van der Waals surface area contributed by atoms with Crippen molar-refractivity contribution in [3.8, 4) is 100 Å². The van der Waals surface area contributed by atoms with Gasteiger partial charge in [-0.25, -0.2) is 0 Å². The molecule has 0 saturated heterocycles. The van der Waals surface area contributed by atoms with Crippen molar-refractivity contribution in [1.29, 1.82) is 0 Å². The van der Waals surface area contributed by atoms with E-state index in [-0.39, 0.29) is 5.41 Å². The van der Waals surface area contributed by atoms with Crippen molar-refractivity contribution in [2.75, 3.05) is 9.80 Å². The fraction of sp³-hybridized carbons (Fsp3) is 0.0442. The second-order valence-electron chi connectivity index (χ2n) is 32.7. The predicted molar refractivity (Wildman–Crippen MR) is 482 cm³/mol. The summed E-state index contributed by atoms with van der Waals surface area (Å²) in [5.41, 5.74) is 43.3. The Labute approximate surface area is 678 Å². The number of benzene rings is 18. The van der Waals surface area contributed by atoms with Gasteiger partial charge in [0.15, 0.2) is 0 Å². The molecule has 2 heterocycles. The van der Waals surface area contributed by atoms with E-state index in [4.69, 9.17) is 8.83 Å². The highest BCUT2D eigenvalue weighted by atomic mass is 16.3. The molecule has 1 unspecified atom stereocenters. The first-order valence-electron chi connectivity index (χ1n) is 40.8. The molecule has 5 aliphatic carbocycles. The minimum absolute atomic E-state index is 0.218. The van der Waals surface area contributed by atoms with Crippen LogP contribution < -0.4 is 9.80 Å². The first kappa shape index (κ1) is 65.7. The van der Waals surface area contributed by atoms with E-state index >= 15 is 0 Å². The van der Waals surface area contributed by atoms with Crippen LogP contribution in [0.1, 0.15) is 69.5 Å². The molecule has 4 nitrogen and oxygen atoms in total. The zero-order valence-corrected chi connectivity index (χ0v) is 64.3. The van der Waals surface area contributed by atoms with Crippen LogP contribution in [0.3, 0.4) is 0 Å². The number of para-hydroxylation sites is 4. The summed E-state index contributed by atoms with van der Waals surface area (Å²) < 4.78 is 13.3. The quantitative estimate of drug-likeness (QED) is 0.137. The third-order valence-corrected chi connectivity index (χ3v) is 26.7. The number of hydrogen-bond acceptors (Lipinski definition) is 4. The highest BCUT2D eigenvalue weighted by molar-refractivity contribution is 6.12. The molecule has 1 atom stereocenters. The lowest BCUT2D eigenvalue weighted by atomic mass is 9.70. The van der Waals surface area contributed by atoms with Gasteiger partial charge in [0.25, 0.3) is 0 Å². The molecule has 2 spiro atoms. The van der Waals surface area contributed by atoms with Crippen LogP contribution in [0.5, 0.6) is 0 Å². The lowest BCUT2D eigenvalue weighted by Crippen LogP contribution is -2.26. The number of anilines is 6. The van der Waals surface area contributed by atoms with E-state index in [1.807, 2.05) is 12.1 Å². The van der Waals surface area contributed by atoms with Gasteiger partial charge in [-0.15, -0.1) is 0 Å². The lowest BCUT2D eigenvalue weighted by Gasteiger charge is -2.32. The third kappa shape index (κ3) is 9.07. The summed E-state index contributed by atoms with van der Waals surface area (Å²) in [5, 5.41) is 4.48. The minimum Gasteiger partial charge on any atom is -0.455 e. The Kier molecular flexibility index (Phi) is 13.8. The van der Waals surface area contributed by atoms with Crippen LogP contribution in [-0.2, 0) is 16.2 Å². The van der Waals surface area contributed by atoms with Crippen molar-refractivity contribution in [2.24, 2.45) is 0 Å². The van der Waals surface area contributed by atoms with Crippen molar-refractivity contribution in [3.63, 3.8) is 0 Å². The van der Waals surface area contributed by atoms with Gasteiger partial charge < -0.3 is 18.6 Å². The molecule has 18 aromatic carbocycles. The Morgan fingerprint density at radius 2 is 0.513 bits per heavy atom. The molecule has 0 N–H and O–H groups in total. The first-order chi connectivity index (χ1) is 57.8. The van der Waals surface area contributed by atoms with Crippen molar-refractivity contribution >= 4 is 78.0 Å². The van der Waals surface area contributed by atoms with Crippen LogP contribution in [0.15, 0.2) is 409 Å². The van der Waals surface area contributed by atoms with Crippen LogP contribution >= 0.6 is 0 Å². The fourth-order valence-electron chi connectivity index (χ4n) is 21.7. The van der Waals surface area contributed by atoms with Crippen LogP contribution in [0, 0.1) is 0 Å². The van der Waals surface area contributed by atoms with Crippen LogP contribution in [0.2, 0.25) is 0 Å². The maximum Gasteiger partial charge on any atom is 0.143 e. The van der Waals surface area contributed by atoms with Crippen LogP contribution in [-0.4, -0.2) is 0 Å². The topological polar surface area (TPSA) is 32.8 Å². The molecule has 0 radical (unpaired) electrons. The fourth-order valence-corrected chi connectivity index (χ4v) is 21.7. The van der Waals surface area contributed by atoms with E-state index in [1.165, 1.54) is 111 Å². The van der Waals surface area contributed by atoms with Gasteiger partial charge in [-0.05, 0) is 218 Å². The molecule has 20 aromatic rings. The Morgan fingerprint density at radius 1 is 0.197 bits per heavy atom. The van der Waals surface area contributed by atoms with Gasteiger partial charge in [-0.2, -0.15) is 0 Å². The van der Waals surface area contributed by atoms with E-state index in [2.05, 4.69) is 412 Å². The molecule has 2 aromatic heterocycles. The first-order valence-corrected chi connectivity index (χ1v) is 40.8. The lowest BCUT2D eigenvalue weighted by molar-refractivity contribution is 0.660. The summed E-state index contributed by atoms with van der Waals surface area (Å²) in [6.45, 7) is 4.77. The summed E-state index contributed by atoms with van der Waals surface area (Å²) in [5.74, 6) is 0. The van der Waals surface area contributed by atoms with Crippen molar-refractivity contribution in [2.45, 2.75) is 30.1 Å². The Hall–Kier alpha value is -14.8. The molecule has 25 rings (SSSR count). The summed E-state index contributed by atoms with van der Waals surface area (Å²) in [4.78, 5) is 5.02. The molecule has 5 aliphatic rings. The monoisotopic (exact) mass is 1490 g/mol. The summed E-state index contributed by atoms with van der Waals surface area (Å²) in [6.07, 6.45) is 0. The zero-order valence-electron chi connectivity index (χ0n) is 64.3. The largest absolute Gasteiger partial charge is 0.455 e. The molecule has 0 saturated carbocycles. The number of nitrogens with zero attached hydrogens (tertiary/aromatic N) is 2. The maximum absolute atomic E-state index is 6.66. The van der Waals surface area contributed by atoms with Crippen molar-refractivity contribution < 1.29 is 8.83 Å². The Bertz CT molecular complexity index is 7570. The number of hydrogen-bond donors (Lipinski definition) is 0. The van der Waals surface area contributed by atoms with Crippen molar-refractivity contribution in [3.05, 3.63) is 456 Å². The molecule has 0 fully saturated rings. The van der Waals surface area contributed by atoms with E-state index in [0.717, 1.165) is 123 Å². The molecule has 0 amide bonds. The molecule has 0 aliphatic heterocycles. The average Bonchev–Trinajstić information content (AvgIpc) is 1.51. The van der Waals surface area contributed by atoms with Gasteiger partial charge in [0.1, 0.15) is 22.3 Å². The highest BCUT2D eigenvalue weighted by Gasteiger charge is 2.55. The van der Waals surface area contributed by atoms with E-state index in [1.54, 1.807) is 0 Å². The summed E-state index contributed by atoms with van der Waals surface area (Å²) in [7, 11) is 0. The summed E-state index contributed by atoms with van der Waals surface area (Å²) >= 11 is 0. The number of rotatable bonds is 10. The summed E-state index contributed by atoms with van der Waals surface area (Å²) in [6, 6.07) is 150. The zero-order chi connectivity index (χ0) is 77.0. The second kappa shape index (κ2) is 24.6. The van der Waals surface area contributed by atoms with Crippen molar-refractivity contribution in [1.82, 2.24) is 0 Å². The average molecular weight is 1490 g/mol. The van der Waals surface area contributed by atoms with Gasteiger partial charge in [-0.1, -0.05) is 329 Å². The number of fused-ring (bicyclic) bond motifs is 29. The van der Waals surface area contributed by atoms with E-state index in [0.29, 0.717) is 0 Å². The van der Waals surface area contributed by atoms with Gasteiger partial charge >= 0.3 is 0 Å². The van der Waals surface area contributed by atoms with Gasteiger partial charge in [0.2, 0.25) is 0 Å². The SMILES string of the molecule is CC1(C)c2ccccc2-c2ccc(N(c3ccc(-c4cccc5c4oc4ccccc45)cc3)c3cccc4c3-c3ccccc3C43c4ccccc4-c4ccc(-c5cccc(-c6ccc(N(c7ccc(-c8cccc9c8oc8ccccc89)cc7)c7cccc8c7-c7ccccc7C87c8ccccc8-c8ccccc87)cc6)c5)cc43)cc21. The van der Waals surface area contributed by atoms with E-state index < -0.39 is 10.8 Å². The highest BCUT2D eigenvalue weighted by Crippen LogP contribution is 2.68. The smallest absolute Gasteiger partial charge is 0.143 e. The molecular formula is C113H72N2O2. The standard InChI is InChI=1S/C113H72N2O2/c1-111(2)93-38-11-3-26-81(93)85-65-63-78(68-101(85)111)115(77-61-54-71(55-62-77)80-35-21-37-90-88-31-10-18-49-106(88)117-110(80)90)104-47-23-45-100-108(104)92-33-8-16-43-98(92)113(100)96-41-14-6-29-84(96)86-64-56-74(67-102(86)113)73-25-19-24-72(66-73)69-50-57-75(58-51-69)114(76-59-52-70(53-60-76)79-34-20-36-89-87-30-9-17-48-105(87)116-109(79)89)103-46-22-44-99-107(103)91-32-7-15-42-97(91)112(99)94-39-12-4-27-82(94)83-28-5-13-40-95(83)112/h3-68H,1-2H3. The normalized spacial score (nSPS) is 14.8. The third-order valence-electron chi connectivity index (χ3n) is 26.7. The van der Waals surface area contributed by atoms with Gasteiger partial charge in [0.05, 0.1) is 22.2 Å². The van der Waals surface area contributed by atoms with Crippen LogP contribution in [0.25, 0.3) is 144 Å².